The van der Waals surface area contributed by atoms with Crippen molar-refractivity contribution in [2.24, 2.45) is 0 Å². The predicted molar refractivity (Wildman–Crippen MR) is 116 cm³/mol. The Bertz CT molecular complexity index is 1090. The van der Waals surface area contributed by atoms with E-state index < -0.39 is 5.97 Å². The van der Waals surface area contributed by atoms with Crippen LogP contribution in [0, 0.1) is 0 Å². The van der Waals surface area contributed by atoms with E-state index in [1.54, 1.807) is 29.1 Å². The number of esters is 1. The van der Waals surface area contributed by atoms with Gasteiger partial charge in [-0.05, 0) is 38.3 Å². The van der Waals surface area contributed by atoms with Crippen LogP contribution in [0.1, 0.15) is 59.5 Å². The zero-order valence-electron chi connectivity index (χ0n) is 17.9. The number of nitrogens with one attached hydrogen (secondary N) is 1. The van der Waals surface area contributed by atoms with E-state index in [1.807, 2.05) is 26.0 Å². The minimum atomic E-state index is -0.602. The molecule has 0 saturated heterocycles. The molecule has 162 valence electrons. The molecular formula is C23H26N4O4. The summed E-state index contributed by atoms with van der Waals surface area (Å²) in [4.78, 5) is 39.9. The van der Waals surface area contributed by atoms with Crippen LogP contribution in [0.5, 0.6) is 0 Å². The molecule has 0 aliphatic carbocycles. The van der Waals surface area contributed by atoms with E-state index >= 15 is 0 Å². The van der Waals surface area contributed by atoms with Gasteiger partial charge in [-0.1, -0.05) is 24.3 Å². The number of ether oxygens (including phenoxy) is 1. The fraction of sp³-hybridized carbons (Fsp3) is 0.348. The molecule has 0 aliphatic rings. The third kappa shape index (κ3) is 5.75. The number of carbonyl (C=O) groups excluding carboxylic acids is 3. The van der Waals surface area contributed by atoms with E-state index in [4.69, 9.17) is 4.74 Å². The maximum atomic E-state index is 12.4. The molecule has 8 nitrogen and oxygen atoms in total. The van der Waals surface area contributed by atoms with Crippen molar-refractivity contribution in [3.05, 3.63) is 59.4 Å². The molecule has 0 fully saturated rings. The summed E-state index contributed by atoms with van der Waals surface area (Å²) in [7, 11) is 0. The first-order chi connectivity index (χ1) is 14.8. The van der Waals surface area contributed by atoms with E-state index in [2.05, 4.69) is 15.4 Å². The Morgan fingerprint density at radius 1 is 1.10 bits per heavy atom. The third-order valence-corrected chi connectivity index (χ3v) is 4.78. The average molecular weight is 422 g/mol. The van der Waals surface area contributed by atoms with E-state index in [0.29, 0.717) is 17.8 Å². The smallest absolute Gasteiger partial charge is 0.340 e. The molecule has 31 heavy (non-hydrogen) atoms. The molecule has 0 spiro atoms. The summed E-state index contributed by atoms with van der Waals surface area (Å²) in [6, 6.07) is 9.00. The molecule has 0 bridgehead atoms. The van der Waals surface area contributed by atoms with Crippen molar-refractivity contribution in [2.45, 2.75) is 39.7 Å². The standard InChI is InChI=1S/C23H26N4O4/c1-15(2)27-22-19(13-26-27)11-20(12-25-22)23(30)31-14-21(29)18-8-6-17(7-9-18)5-4-10-24-16(3)28/h6-9,11-13,15H,4-5,10,14H2,1-3H3,(H,24,28). The lowest BCUT2D eigenvalue weighted by atomic mass is 10.1. The lowest BCUT2D eigenvalue weighted by Crippen LogP contribution is -2.21. The fourth-order valence-electron chi connectivity index (χ4n) is 3.14. The summed E-state index contributed by atoms with van der Waals surface area (Å²) in [6.45, 7) is 5.76. The van der Waals surface area contributed by atoms with Crippen LogP contribution in [0.3, 0.4) is 0 Å². The quantitative estimate of drug-likeness (QED) is 0.323. The summed E-state index contributed by atoms with van der Waals surface area (Å²) < 4.78 is 6.96. The normalized spacial score (nSPS) is 11.0. The lowest BCUT2D eigenvalue weighted by molar-refractivity contribution is -0.118. The molecule has 1 N–H and O–H groups in total. The molecule has 0 radical (unpaired) electrons. The number of aryl methyl sites for hydroxylation is 1. The molecule has 0 unspecified atom stereocenters. The van der Waals surface area contributed by atoms with Crippen molar-refractivity contribution in [1.29, 1.82) is 0 Å². The van der Waals surface area contributed by atoms with Crippen molar-refractivity contribution in [1.82, 2.24) is 20.1 Å². The van der Waals surface area contributed by atoms with Crippen molar-refractivity contribution in [3.63, 3.8) is 0 Å². The maximum absolute atomic E-state index is 12.4. The van der Waals surface area contributed by atoms with Crippen LogP contribution >= 0.6 is 0 Å². The highest BCUT2D eigenvalue weighted by molar-refractivity contribution is 5.99. The molecule has 3 rings (SSSR count). The SMILES string of the molecule is CC(=O)NCCCc1ccc(C(=O)COC(=O)c2cnc3c(cnn3C(C)C)c2)cc1. The van der Waals surface area contributed by atoms with Gasteiger partial charge in [0.1, 0.15) is 0 Å². The van der Waals surface area contributed by atoms with Gasteiger partial charge in [0.25, 0.3) is 0 Å². The van der Waals surface area contributed by atoms with Crippen molar-refractivity contribution >= 4 is 28.7 Å². The maximum Gasteiger partial charge on any atom is 0.340 e. The summed E-state index contributed by atoms with van der Waals surface area (Å²) in [6.07, 6.45) is 4.71. The van der Waals surface area contributed by atoms with Gasteiger partial charge in [-0.15, -0.1) is 0 Å². The number of aromatic nitrogens is 3. The monoisotopic (exact) mass is 422 g/mol. The van der Waals surface area contributed by atoms with Gasteiger partial charge < -0.3 is 10.1 Å². The molecular weight excluding hydrogens is 396 g/mol. The molecule has 0 saturated carbocycles. The Morgan fingerprint density at radius 2 is 1.84 bits per heavy atom. The topological polar surface area (TPSA) is 103 Å². The van der Waals surface area contributed by atoms with Crippen LogP contribution in [0.4, 0.5) is 0 Å². The number of carbonyl (C=O) groups is 3. The third-order valence-electron chi connectivity index (χ3n) is 4.78. The minimum Gasteiger partial charge on any atom is -0.454 e. The summed E-state index contributed by atoms with van der Waals surface area (Å²) >= 11 is 0. The van der Waals surface area contributed by atoms with Crippen LogP contribution < -0.4 is 5.32 Å². The van der Waals surface area contributed by atoms with Gasteiger partial charge in [0.15, 0.2) is 18.0 Å². The first-order valence-electron chi connectivity index (χ1n) is 10.2. The second kappa shape index (κ2) is 9.97. The number of Topliss-reactive ketones (excluding diaryl/α,β-unsaturated/α-hetero) is 1. The Hall–Kier alpha value is -3.55. The Balaban J connectivity index is 1.53. The molecule has 2 aromatic heterocycles. The van der Waals surface area contributed by atoms with Crippen LogP contribution in [-0.4, -0.2) is 45.6 Å². The first-order valence-corrected chi connectivity index (χ1v) is 10.2. The number of benzene rings is 1. The molecule has 0 atom stereocenters. The fourth-order valence-corrected chi connectivity index (χ4v) is 3.14. The Morgan fingerprint density at radius 3 is 2.52 bits per heavy atom. The van der Waals surface area contributed by atoms with Gasteiger partial charge in [-0.3, -0.25) is 9.59 Å². The molecule has 3 aromatic rings. The van der Waals surface area contributed by atoms with E-state index in [9.17, 15) is 14.4 Å². The summed E-state index contributed by atoms with van der Waals surface area (Å²) in [5.41, 5.74) is 2.52. The number of fused-ring (bicyclic) bond motifs is 1. The second-order valence-electron chi connectivity index (χ2n) is 7.60. The lowest BCUT2D eigenvalue weighted by Gasteiger charge is -2.07. The van der Waals surface area contributed by atoms with Crippen LogP contribution in [0.15, 0.2) is 42.7 Å². The number of pyridine rings is 1. The highest BCUT2D eigenvalue weighted by Gasteiger charge is 2.15. The zero-order valence-corrected chi connectivity index (χ0v) is 17.9. The predicted octanol–water partition coefficient (Wildman–Crippen LogP) is 3.12. The van der Waals surface area contributed by atoms with Crippen molar-refractivity contribution in [3.8, 4) is 0 Å². The Labute approximate surface area is 180 Å². The summed E-state index contributed by atoms with van der Waals surface area (Å²) in [5, 5.41) is 7.77. The second-order valence-corrected chi connectivity index (χ2v) is 7.60. The number of hydrogen-bond donors (Lipinski definition) is 1. The van der Waals surface area contributed by atoms with Gasteiger partial charge in [-0.25, -0.2) is 14.5 Å². The van der Waals surface area contributed by atoms with Gasteiger partial charge in [0, 0.05) is 36.7 Å². The van der Waals surface area contributed by atoms with E-state index in [1.165, 1.54) is 13.1 Å². The van der Waals surface area contributed by atoms with Crippen LogP contribution in [0.25, 0.3) is 11.0 Å². The minimum absolute atomic E-state index is 0.0446. The zero-order chi connectivity index (χ0) is 22.4. The van der Waals surface area contributed by atoms with Crippen LogP contribution in [-0.2, 0) is 16.0 Å². The van der Waals surface area contributed by atoms with Gasteiger partial charge >= 0.3 is 5.97 Å². The highest BCUT2D eigenvalue weighted by atomic mass is 16.5. The number of rotatable bonds is 9. The van der Waals surface area contributed by atoms with E-state index in [0.717, 1.165) is 23.8 Å². The number of ketones is 1. The number of amides is 1. The van der Waals surface area contributed by atoms with Gasteiger partial charge in [0.2, 0.25) is 5.91 Å². The highest BCUT2D eigenvalue weighted by Crippen LogP contribution is 2.17. The molecule has 2 heterocycles. The van der Waals surface area contributed by atoms with Crippen molar-refractivity contribution < 1.29 is 19.1 Å². The largest absolute Gasteiger partial charge is 0.454 e. The molecule has 8 heteroatoms. The van der Waals surface area contributed by atoms with E-state index in [-0.39, 0.29) is 29.9 Å². The molecule has 0 aliphatic heterocycles. The molecule has 1 aromatic carbocycles. The molecule has 1 amide bonds. The average Bonchev–Trinajstić information content (AvgIpc) is 3.18. The van der Waals surface area contributed by atoms with Gasteiger partial charge in [0.05, 0.1) is 11.8 Å². The van der Waals surface area contributed by atoms with Crippen molar-refractivity contribution in [2.75, 3.05) is 13.2 Å². The Kier molecular flexibility index (Phi) is 7.12. The van der Waals surface area contributed by atoms with Crippen LogP contribution in [0.2, 0.25) is 0 Å². The van der Waals surface area contributed by atoms with Gasteiger partial charge in [-0.2, -0.15) is 5.10 Å². The number of nitrogens with zero attached hydrogens (tertiary/aromatic N) is 3. The number of hydrogen-bond acceptors (Lipinski definition) is 6. The summed E-state index contributed by atoms with van der Waals surface area (Å²) in [5.74, 6) is -0.925. The first kappa shape index (κ1) is 22.1.